The summed E-state index contributed by atoms with van der Waals surface area (Å²) in [5.74, 6) is 1.20. The summed E-state index contributed by atoms with van der Waals surface area (Å²) < 4.78 is 14.1. The molecule has 3 atom stereocenters. The average Bonchev–Trinajstić information content (AvgIpc) is 2.32. The van der Waals surface area contributed by atoms with Crippen molar-refractivity contribution >= 4 is 5.69 Å². The third-order valence-corrected chi connectivity index (χ3v) is 4.17. The van der Waals surface area contributed by atoms with E-state index in [0.29, 0.717) is 5.92 Å². The number of hydrogen-bond donors (Lipinski definition) is 1. The molecule has 0 amide bonds. The van der Waals surface area contributed by atoms with Gasteiger partial charge in [0.25, 0.3) is 0 Å². The van der Waals surface area contributed by atoms with Gasteiger partial charge in [0, 0.05) is 19.1 Å². The lowest BCUT2D eigenvalue weighted by atomic mass is 9.88. The highest BCUT2D eigenvalue weighted by Gasteiger charge is 2.24. The van der Waals surface area contributed by atoms with Gasteiger partial charge < -0.3 is 10.6 Å². The molecule has 2 nitrogen and oxygen atoms in total. The number of rotatable bonds is 2. The number of piperidine rings is 1. The quantitative estimate of drug-likeness (QED) is 0.872. The van der Waals surface area contributed by atoms with Crippen molar-refractivity contribution in [2.45, 2.75) is 33.2 Å². The van der Waals surface area contributed by atoms with E-state index in [4.69, 9.17) is 5.73 Å². The zero-order valence-electron chi connectivity index (χ0n) is 11.5. The highest BCUT2D eigenvalue weighted by atomic mass is 19.1. The largest absolute Gasteiger partial charge is 0.369 e. The van der Waals surface area contributed by atoms with E-state index in [1.807, 2.05) is 19.1 Å². The van der Waals surface area contributed by atoms with Crippen LogP contribution in [0.3, 0.4) is 0 Å². The van der Waals surface area contributed by atoms with Crippen LogP contribution in [0.15, 0.2) is 18.2 Å². The summed E-state index contributed by atoms with van der Waals surface area (Å²) >= 11 is 0. The minimum atomic E-state index is -0.147. The third-order valence-electron chi connectivity index (χ3n) is 4.17. The molecule has 2 unspecified atom stereocenters. The number of anilines is 1. The van der Waals surface area contributed by atoms with Crippen molar-refractivity contribution in [3.63, 3.8) is 0 Å². The van der Waals surface area contributed by atoms with Gasteiger partial charge in [0.15, 0.2) is 0 Å². The second kappa shape index (κ2) is 5.27. The first-order valence-corrected chi connectivity index (χ1v) is 6.79. The second-order valence-electron chi connectivity index (χ2n) is 5.69. The van der Waals surface area contributed by atoms with Crippen LogP contribution in [-0.4, -0.2) is 13.1 Å². The Morgan fingerprint density at radius 3 is 2.61 bits per heavy atom. The fraction of sp³-hybridized carbons (Fsp3) is 0.600. The molecule has 0 saturated carbocycles. The van der Waals surface area contributed by atoms with Gasteiger partial charge in [-0.1, -0.05) is 19.9 Å². The molecule has 1 aliphatic heterocycles. The van der Waals surface area contributed by atoms with Crippen LogP contribution in [0.2, 0.25) is 0 Å². The van der Waals surface area contributed by atoms with Crippen molar-refractivity contribution in [3.8, 4) is 0 Å². The van der Waals surface area contributed by atoms with Crippen LogP contribution >= 0.6 is 0 Å². The van der Waals surface area contributed by atoms with Gasteiger partial charge in [-0.15, -0.1) is 0 Å². The van der Waals surface area contributed by atoms with Crippen molar-refractivity contribution in [1.82, 2.24) is 0 Å². The topological polar surface area (TPSA) is 29.3 Å². The van der Waals surface area contributed by atoms with E-state index in [2.05, 4.69) is 18.7 Å². The van der Waals surface area contributed by atoms with Gasteiger partial charge in [0.1, 0.15) is 5.82 Å². The molecule has 0 aromatic heterocycles. The summed E-state index contributed by atoms with van der Waals surface area (Å²) in [5, 5.41) is 0. The molecule has 2 rings (SSSR count). The smallest absolute Gasteiger partial charge is 0.146 e. The van der Waals surface area contributed by atoms with Crippen molar-refractivity contribution in [1.29, 1.82) is 0 Å². The molecule has 1 fully saturated rings. The summed E-state index contributed by atoms with van der Waals surface area (Å²) in [6.45, 7) is 8.28. The van der Waals surface area contributed by atoms with Gasteiger partial charge in [-0.2, -0.15) is 0 Å². The predicted molar refractivity (Wildman–Crippen MR) is 74.2 cm³/mol. The number of nitrogens with two attached hydrogens (primary N) is 1. The zero-order valence-corrected chi connectivity index (χ0v) is 11.5. The van der Waals surface area contributed by atoms with Crippen LogP contribution in [-0.2, 0) is 0 Å². The maximum atomic E-state index is 14.1. The fourth-order valence-corrected chi connectivity index (χ4v) is 2.54. The molecule has 1 heterocycles. The first-order valence-electron chi connectivity index (χ1n) is 6.79. The summed E-state index contributed by atoms with van der Waals surface area (Å²) in [4.78, 5) is 2.16. The van der Waals surface area contributed by atoms with E-state index in [-0.39, 0.29) is 11.9 Å². The van der Waals surface area contributed by atoms with Gasteiger partial charge >= 0.3 is 0 Å². The van der Waals surface area contributed by atoms with Gasteiger partial charge in [-0.3, -0.25) is 0 Å². The molecule has 1 saturated heterocycles. The number of hydrogen-bond acceptors (Lipinski definition) is 2. The highest BCUT2D eigenvalue weighted by Crippen LogP contribution is 2.29. The molecule has 3 heteroatoms. The lowest BCUT2D eigenvalue weighted by Gasteiger charge is -2.37. The van der Waals surface area contributed by atoms with Crippen molar-refractivity contribution < 1.29 is 4.39 Å². The van der Waals surface area contributed by atoms with Crippen LogP contribution in [0.4, 0.5) is 10.1 Å². The third kappa shape index (κ3) is 2.66. The SMILES string of the molecule is CC1CCN(c2ccc([C@@H](C)N)cc2F)CC1C. The van der Waals surface area contributed by atoms with Crippen LogP contribution in [0, 0.1) is 17.7 Å². The molecule has 0 aliphatic carbocycles. The first-order chi connectivity index (χ1) is 8.49. The molecule has 2 N–H and O–H groups in total. The molecular weight excluding hydrogens is 227 g/mol. The number of nitrogens with zero attached hydrogens (tertiary/aromatic N) is 1. The molecule has 0 radical (unpaired) electrons. The van der Waals surface area contributed by atoms with E-state index < -0.39 is 0 Å². The number of halogens is 1. The van der Waals surface area contributed by atoms with Gasteiger partial charge in [-0.05, 0) is 42.9 Å². The van der Waals surface area contributed by atoms with E-state index >= 15 is 0 Å². The highest BCUT2D eigenvalue weighted by molar-refractivity contribution is 5.50. The average molecular weight is 250 g/mol. The van der Waals surface area contributed by atoms with Crippen LogP contribution < -0.4 is 10.6 Å². The van der Waals surface area contributed by atoms with Crippen LogP contribution in [0.1, 0.15) is 38.8 Å². The Bertz CT molecular complexity index is 417. The normalized spacial score (nSPS) is 26.2. The summed E-state index contributed by atoms with van der Waals surface area (Å²) in [5.41, 5.74) is 7.35. The maximum absolute atomic E-state index is 14.1. The molecule has 1 aliphatic rings. The molecule has 0 spiro atoms. The summed E-state index contributed by atoms with van der Waals surface area (Å²) in [7, 11) is 0. The Labute approximate surface area is 109 Å². The standard InChI is InChI=1S/C15H23FN2/c1-10-6-7-18(9-11(10)2)15-5-4-13(12(3)17)8-14(15)16/h4-5,8,10-12H,6-7,9,17H2,1-3H3/t10?,11?,12-/m1/s1. The Morgan fingerprint density at radius 1 is 1.33 bits per heavy atom. The maximum Gasteiger partial charge on any atom is 0.146 e. The number of benzene rings is 1. The summed E-state index contributed by atoms with van der Waals surface area (Å²) in [6, 6.07) is 5.26. The van der Waals surface area contributed by atoms with Crippen molar-refractivity contribution in [2.75, 3.05) is 18.0 Å². The van der Waals surface area contributed by atoms with E-state index in [1.54, 1.807) is 6.07 Å². The monoisotopic (exact) mass is 250 g/mol. The van der Waals surface area contributed by atoms with Gasteiger partial charge in [0.05, 0.1) is 5.69 Å². The lowest BCUT2D eigenvalue weighted by Crippen LogP contribution is -2.38. The van der Waals surface area contributed by atoms with Crippen molar-refractivity contribution in [3.05, 3.63) is 29.6 Å². The van der Waals surface area contributed by atoms with E-state index in [1.165, 1.54) is 0 Å². The Hall–Kier alpha value is -1.09. The molecule has 1 aromatic carbocycles. The zero-order chi connectivity index (χ0) is 13.3. The minimum absolute atomic E-state index is 0.117. The molecule has 0 bridgehead atoms. The first kappa shape index (κ1) is 13.3. The fourth-order valence-electron chi connectivity index (χ4n) is 2.54. The minimum Gasteiger partial charge on any atom is -0.369 e. The van der Waals surface area contributed by atoms with Gasteiger partial charge in [-0.25, -0.2) is 4.39 Å². The molecular formula is C15H23FN2. The van der Waals surface area contributed by atoms with E-state index in [0.717, 1.165) is 36.7 Å². The molecule has 100 valence electrons. The van der Waals surface area contributed by atoms with Gasteiger partial charge in [0.2, 0.25) is 0 Å². The van der Waals surface area contributed by atoms with Crippen LogP contribution in [0.25, 0.3) is 0 Å². The van der Waals surface area contributed by atoms with E-state index in [9.17, 15) is 4.39 Å². The predicted octanol–water partition coefficient (Wildman–Crippen LogP) is 3.33. The van der Waals surface area contributed by atoms with Crippen LogP contribution in [0.5, 0.6) is 0 Å². The lowest BCUT2D eigenvalue weighted by molar-refractivity contribution is 0.322. The Morgan fingerprint density at radius 2 is 2.06 bits per heavy atom. The Kier molecular flexibility index (Phi) is 3.91. The second-order valence-corrected chi connectivity index (χ2v) is 5.69. The molecule has 18 heavy (non-hydrogen) atoms. The Balaban J connectivity index is 2.19. The summed E-state index contributed by atoms with van der Waals surface area (Å²) in [6.07, 6.45) is 1.13. The molecule has 1 aromatic rings. The van der Waals surface area contributed by atoms with Crippen molar-refractivity contribution in [2.24, 2.45) is 17.6 Å².